The topological polar surface area (TPSA) is 57.2 Å². The number of aliphatic hydroxyl groups excluding tert-OH is 1. The lowest BCUT2D eigenvalue weighted by Gasteiger charge is -2.44. The second kappa shape index (κ2) is 13.8. The molecular weight excluding hydrogens is 460 g/mol. The maximum atomic E-state index is 11.2. The zero-order chi connectivity index (χ0) is 24.3. The fraction of sp³-hybridized carbons (Fsp3) is 0.379. The van der Waals surface area contributed by atoms with Gasteiger partial charge < -0.3 is 24.1 Å². The van der Waals surface area contributed by atoms with Gasteiger partial charge in [-0.3, -0.25) is 0 Å². The molecule has 3 aromatic rings. The van der Waals surface area contributed by atoms with Crippen LogP contribution in [0.4, 0.5) is 0 Å². The van der Waals surface area contributed by atoms with E-state index < -0.39 is 23.7 Å². The van der Waals surface area contributed by atoms with Gasteiger partial charge in [-0.25, -0.2) is 0 Å². The van der Waals surface area contributed by atoms with Crippen LogP contribution in [0.5, 0.6) is 0 Å². The summed E-state index contributed by atoms with van der Waals surface area (Å²) < 4.78 is 25.1. The van der Waals surface area contributed by atoms with Crippen molar-refractivity contribution in [2.75, 3.05) is 12.4 Å². The number of rotatable bonds is 12. The molecule has 0 aliphatic carbocycles. The molecule has 6 heteroatoms. The van der Waals surface area contributed by atoms with Crippen molar-refractivity contribution < 1.29 is 24.1 Å². The van der Waals surface area contributed by atoms with Crippen molar-refractivity contribution in [2.45, 2.75) is 56.6 Å². The Hall–Kier alpha value is -2.19. The van der Waals surface area contributed by atoms with Crippen LogP contribution >= 0.6 is 11.8 Å². The number of thioether (sulfide) groups is 1. The molecule has 1 aliphatic heterocycles. The quantitative estimate of drug-likeness (QED) is 0.373. The monoisotopic (exact) mass is 494 g/mol. The molecule has 186 valence electrons. The summed E-state index contributed by atoms with van der Waals surface area (Å²) in [5, 5.41) is 11.2. The van der Waals surface area contributed by atoms with Crippen molar-refractivity contribution in [3.8, 4) is 0 Å². The van der Waals surface area contributed by atoms with Gasteiger partial charge in [0.15, 0.2) is 0 Å². The van der Waals surface area contributed by atoms with Crippen LogP contribution in [0.25, 0.3) is 0 Å². The summed E-state index contributed by atoms with van der Waals surface area (Å²) in [4.78, 5) is 0. The number of aliphatic hydroxyl groups is 1. The van der Waals surface area contributed by atoms with Gasteiger partial charge in [0.2, 0.25) is 0 Å². The molecule has 4 rings (SSSR count). The van der Waals surface area contributed by atoms with Crippen molar-refractivity contribution in [3.05, 3.63) is 108 Å². The van der Waals surface area contributed by atoms with Crippen molar-refractivity contribution >= 4 is 11.8 Å². The summed E-state index contributed by atoms with van der Waals surface area (Å²) in [6.07, 6.45) is -2.24. The molecule has 1 heterocycles. The Balaban J connectivity index is 1.50. The number of ether oxygens (including phenoxy) is 4. The average molecular weight is 495 g/mol. The summed E-state index contributed by atoms with van der Waals surface area (Å²) in [5.41, 5.74) is 2.78. The molecule has 1 aliphatic rings. The molecule has 35 heavy (non-hydrogen) atoms. The zero-order valence-corrected chi connectivity index (χ0v) is 20.9. The Morgan fingerprint density at radius 3 is 1.71 bits per heavy atom. The van der Waals surface area contributed by atoms with Crippen LogP contribution in [-0.2, 0) is 38.8 Å². The Morgan fingerprint density at radius 2 is 1.20 bits per heavy atom. The van der Waals surface area contributed by atoms with E-state index in [1.54, 1.807) is 11.8 Å². The lowest BCUT2D eigenvalue weighted by Crippen LogP contribution is -2.59. The minimum atomic E-state index is -0.824. The predicted octanol–water partition coefficient (Wildman–Crippen LogP) is 5.21. The summed E-state index contributed by atoms with van der Waals surface area (Å²) in [6, 6.07) is 30.1. The third-order valence-corrected chi connectivity index (χ3v) is 6.96. The van der Waals surface area contributed by atoms with Gasteiger partial charge in [-0.2, -0.15) is 0 Å². The fourth-order valence-corrected chi connectivity index (χ4v) is 5.03. The van der Waals surface area contributed by atoms with Gasteiger partial charge in [-0.15, -0.1) is 11.8 Å². The molecule has 0 aromatic heterocycles. The summed E-state index contributed by atoms with van der Waals surface area (Å²) in [7, 11) is 0. The van der Waals surface area contributed by atoms with Crippen molar-refractivity contribution in [2.24, 2.45) is 0 Å². The summed E-state index contributed by atoms with van der Waals surface area (Å²) in [5.74, 6) is 0.820. The highest BCUT2D eigenvalue weighted by molar-refractivity contribution is 7.99. The molecule has 0 radical (unpaired) electrons. The van der Waals surface area contributed by atoms with Gasteiger partial charge in [0.1, 0.15) is 29.9 Å². The lowest BCUT2D eigenvalue weighted by atomic mass is 9.99. The predicted molar refractivity (Wildman–Crippen MR) is 139 cm³/mol. The van der Waals surface area contributed by atoms with Gasteiger partial charge in [0.25, 0.3) is 0 Å². The first-order chi connectivity index (χ1) is 17.2. The van der Waals surface area contributed by atoms with Crippen LogP contribution in [0.3, 0.4) is 0 Å². The van der Waals surface area contributed by atoms with Crippen molar-refractivity contribution in [3.63, 3.8) is 0 Å². The van der Waals surface area contributed by atoms with E-state index in [9.17, 15) is 5.11 Å². The molecule has 1 fully saturated rings. The Kier molecular flexibility index (Phi) is 10.2. The molecule has 0 amide bonds. The first kappa shape index (κ1) is 25.9. The molecule has 5 nitrogen and oxygen atoms in total. The molecule has 0 spiro atoms. The van der Waals surface area contributed by atoms with E-state index in [1.165, 1.54) is 0 Å². The standard InChI is InChI=1S/C29H34O5S/c1-2-35-29-26(30)28(33-20-24-16-10-5-11-17-24)27(32-19-23-14-8-4-9-15-23)25(34-29)21-31-18-22-12-6-3-7-13-22/h3-17,25-30H,2,18-21H2,1H3/t25-,26-,27+,28-,29+/m1/s1. The molecule has 5 atom stereocenters. The molecule has 0 unspecified atom stereocenters. The molecule has 0 saturated carbocycles. The number of benzene rings is 3. The Labute approximate surface area is 212 Å². The second-order valence-electron chi connectivity index (χ2n) is 8.51. The molecular formula is C29H34O5S. The maximum absolute atomic E-state index is 11.2. The van der Waals surface area contributed by atoms with E-state index in [-0.39, 0.29) is 6.10 Å². The van der Waals surface area contributed by atoms with Crippen LogP contribution < -0.4 is 0 Å². The fourth-order valence-electron chi connectivity index (χ4n) is 4.12. The van der Waals surface area contributed by atoms with Crippen molar-refractivity contribution in [1.82, 2.24) is 0 Å². The van der Waals surface area contributed by atoms with Crippen LogP contribution in [0, 0.1) is 0 Å². The highest BCUT2D eigenvalue weighted by atomic mass is 32.2. The first-order valence-corrected chi connectivity index (χ1v) is 13.2. The first-order valence-electron chi connectivity index (χ1n) is 12.1. The molecule has 0 bridgehead atoms. The van der Waals surface area contributed by atoms with Crippen LogP contribution in [0.2, 0.25) is 0 Å². The third-order valence-electron chi connectivity index (χ3n) is 5.91. The highest BCUT2D eigenvalue weighted by Crippen LogP contribution is 2.33. The Morgan fingerprint density at radius 1 is 0.714 bits per heavy atom. The van der Waals surface area contributed by atoms with Gasteiger partial charge in [0, 0.05) is 0 Å². The van der Waals surface area contributed by atoms with Crippen molar-refractivity contribution in [1.29, 1.82) is 0 Å². The van der Waals surface area contributed by atoms with E-state index in [0.29, 0.717) is 26.4 Å². The van der Waals surface area contributed by atoms with Gasteiger partial charge in [-0.05, 0) is 22.4 Å². The Bertz CT molecular complexity index is 972. The molecule has 1 N–H and O–H groups in total. The smallest absolute Gasteiger partial charge is 0.132 e. The normalized spacial score (nSPS) is 24.3. The van der Waals surface area contributed by atoms with Crippen LogP contribution in [0.1, 0.15) is 23.6 Å². The van der Waals surface area contributed by atoms with E-state index in [1.807, 2.05) is 91.0 Å². The lowest BCUT2D eigenvalue weighted by molar-refractivity contribution is -0.243. The second-order valence-corrected chi connectivity index (χ2v) is 9.89. The maximum Gasteiger partial charge on any atom is 0.132 e. The summed E-state index contributed by atoms with van der Waals surface area (Å²) in [6.45, 7) is 3.66. The molecule has 3 aromatic carbocycles. The average Bonchev–Trinajstić information content (AvgIpc) is 2.90. The number of hydrogen-bond donors (Lipinski definition) is 1. The van der Waals surface area contributed by atoms with E-state index >= 15 is 0 Å². The third kappa shape index (κ3) is 7.64. The van der Waals surface area contributed by atoms with Gasteiger partial charge in [-0.1, -0.05) is 97.9 Å². The minimum absolute atomic E-state index is 0.340. The summed E-state index contributed by atoms with van der Waals surface area (Å²) >= 11 is 1.57. The number of hydrogen-bond acceptors (Lipinski definition) is 6. The largest absolute Gasteiger partial charge is 0.387 e. The van der Waals surface area contributed by atoms with E-state index in [2.05, 4.69) is 6.92 Å². The highest BCUT2D eigenvalue weighted by Gasteiger charge is 2.47. The zero-order valence-electron chi connectivity index (χ0n) is 20.1. The minimum Gasteiger partial charge on any atom is -0.387 e. The van der Waals surface area contributed by atoms with Crippen LogP contribution in [-0.4, -0.2) is 47.3 Å². The van der Waals surface area contributed by atoms with Gasteiger partial charge in [0.05, 0.1) is 26.4 Å². The van der Waals surface area contributed by atoms with Gasteiger partial charge >= 0.3 is 0 Å². The van der Waals surface area contributed by atoms with E-state index in [4.69, 9.17) is 18.9 Å². The molecule has 1 saturated heterocycles. The SMILES string of the molecule is CCS[C@@H]1O[C@H](COCc2ccccc2)[C@H](OCc2ccccc2)[C@H](OCc2ccccc2)[C@H]1O. The van der Waals surface area contributed by atoms with Crippen LogP contribution in [0.15, 0.2) is 91.0 Å². The van der Waals surface area contributed by atoms with E-state index in [0.717, 1.165) is 22.4 Å².